The van der Waals surface area contributed by atoms with E-state index in [9.17, 15) is 9.81 Å². The van der Waals surface area contributed by atoms with Gasteiger partial charge in [-0.3, -0.25) is 0 Å². The molecule has 0 aliphatic rings. The summed E-state index contributed by atoms with van der Waals surface area (Å²) in [7, 11) is 1.27. The summed E-state index contributed by atoms with van der Waals surface area (Å²) in [6.45, 7) is 1.94. The van der Waals surface area contributed by atoms with Crippen LogP contribution in [0.2, 0.25) is 0 Å². The lowest BCUT2D eigenvalue weighted by molar-refractivity contribution is -0.736. The van der Waals surface area contributed by atoms with E-state index in [0.29, 0.717) is 16.3 Å². The summed E-state index contributed by atoms with van der Waals surface area (Å²) < 4.78 is 0. The molecule has 5 heteroatoms. The van der Waals surface area contributed by atoms with Gasteiger partial charge in [0, 0.05) is 22.2 Å². The maximum absolute atomic E-state index is 11.1. The first-order valence-corrected chi connectivity index (χ1v) is 4.24. The first-order chi connectivity index (χ1) is 6.71. The molecule has 0 saturated carbocycles. The summed E-state index contributed by atoms with van der Waals surface area (Å²) in [6, 6.07) is 4.81. The fraction of sp³-hybridized carbons (Fsp3) is 0.333. The minimum absolute atomic E-state index is 0.310. The van der Waals surface area contributed by atoms with E-state index < -0.39 is 0 Å². The molecule has 5 nitrogen and oxygen atoms in total. The highest BCUT2D eigenvalue weighted by Gasteiger charge is 2.18. The lowest BCUT2D eigenvalue weighted by Crippen LogP contribution is -2.55. The monoisotopic (exact) mass is 196 g/mol. The van der Waals surface area contributed by atoms with E-state index in [2.05, 4.69) is 4.84 Å². The topological polar surface area (TPSA) is 60.3 Å². The molecule has 0 saturated heterocycles. The summed E-state index contributed by atoms with van der Waals surface area (Å²) >= 11 is 0. The Morgan fingerprint density at radius 3 is 2.64 bits per heavy atom. The van der Waals surface area contributed by atoms with Gasteiger partial charge in [0.25, 0.3) is 10.6 Å². The molecular formula is C9H12N2O3+2. The van der Waals surface area contributed by atoms with E-state index in [1.165, 1.54) is 13.2 Å². The van der Waals surface area contributed by atoms with Crippen molar-refractivity contribution in [2.24, 2.45) is 0 Å². The van der Waals surface area contributed by atoms with Gasteiger partial charge in [0.1, 0.15) is 0 Å². The largest absolute Gasteiger partial charge is 0.323 e. The van der Waals surface area contributed by atoms with Crippen LogP contribution in [-0.2, 0) is 11.3 Å². The van der Waals surface area contributed by atoms with Gasteiger partial charge < -0.3 is 0 Å². The average molecular weight is 196 g/mol. The number of aryl methyl sites for hydroxylation is 1. The van der Waals surface area contributed by atoms with Crippen LogP contribution in [0.5, 0.6) is 0 Å². The van der Waals surface area contributed by atoms with Gasteiger partial charge in [0.15, 0.2) is 7.11 Å². The van der Waals surface area contributed by atoms with Crippen molar-refractivity contribution in [3.05, 3.63) is 33.6 Å². The van der Waals surface area contributed by atoms with Gasteiger partial charge in [-0.15, -0.1) is 0 Å². The molecule has 0 fully saturated rings. The Bertz CT molecular complexity index is 363. The van der Waals surface area contributed by atoms with E-state index in [0.717, 1.165) is 12.0 Å². The van der Waals surface area contributed by atoms with Crippen molar-refractivity contribution < 1.29 is 14.9 Å². The minimum atomic E-state index is 0.310. The molecule has 0 bridgehead atoms. The Morgan fingerprint density at radius 2 is 2.14 bits per heavy atom. The first kappa shape index (κ1) is 10.3. The van der Waals surface area contributed by atoms with E-state index in [4.69, 9.17) is 0 Å². The van der Waals surface area contributed by atoms with Crippen LogP contribution >= 0.6 is 0 Å². The first-order valence-electron chi connectivity index (χ1n) is 4.24. The summed E-state index contributed by atoms with van der Waals surface area (Å²) in [6.07, 6.45) is 0.750. The molecule has 1 aromatic carbocycles. The maximum Gasteiger partial charge on any atom is 0.323 e. The number of hydrogen-bond donors (Lipinski definition) is 1. The number of nitrogens with zero attached hydrogens (tertiary/aromatic N) is 1. The molecule has 0 aliphatic heterocycles. The van der Waals surface area contributed by atoms with Crippen LogP contribution in [0.1, 0.15) is 12.5 Å². The van der Waals surface area contributed by atoms with Crippen LogP contribution in [-0.4, -0.2) is 12.0 Å². The number of nitrogens with one attached hydrogen (secondary N) is 1. The molecule has 0 amide bonds. The third-order valence-electron chi connectivity index (χ3n) is 1.88. The van der Waals surface area contributed by atoms with E-state index >= 15 is 0 Å². The quantitative estimate of drug-likeness (QED) is 0.721. The number of benzene rings is 1. The Kier molecular flexibility index (Phi) is 3.28. The average Bonchev–Trinajstić information content (AvgIpc) is 2.27. The Morgan fingerprint density at radius 1 is 1.43 bits per heavy atom. The number of nitroso groups, excluding NO2 is 1. The number of hydrogen-bond acceptors (Lipinski definition) is 3. The van der Waals surface area contributed by atoms with Crippen LogP contribution in [0.15, 0.2) is 18.2 Å². The van der Waals surface area contributed by atoms with Crippen molar-refractivity contribution in [1.29, 1.82) is 0 Å². The van der Waals surface area contributed by atoms with Gasteiger partial charge >= 0.3 is 5.69 Å². The van der Waals surface area contributed by atoms with Crippen LogP contribution < -0.4 is 5.18 Å². The molecule has 1 rings (SSSR count). The molecule has 0 aliphatic carbocycles. The van der Waals surface area contributed by atoms with Crippen molar-refractivity contribution >= 4 is 11.4 Å². The molecule has 0 unspecified atom stereocenters. The van der Waals surface area contributed by atoms with Gasteiger partial charge in [-0.1, -0.05) is 6.92 Å². The number of rotatable bonds is 4. The molecule has 0 heterocycles. The van der Waals surface area contributed by atoms with E-state index in [1.54, 1.807) is 17.3 Å². The fourth-order valence-electron chi connectivity index (χ4n) is 1.15. The highest BCUT2D eigenvalue weighted by molar-refractivity contribution is 5.45. The van der Waals surface area contributed by atoms with Crippen LogP contribution in [0.3, 0.4) is 0 Å². The summed E-state index contributed by atoms with van der Waals surface area (Å²) in [4.78, 5) is 26.4. The van der Waals surface area contributed by atoms with Gasteiger partial charge in [-0.2, -0.15) is 0 Å². The Balaban J connectivity index is 3.16. The standard InChI is InChI=1S/C9H11N2O3/c1-3-7-4-8(10-12)6-9(5-7)11(13)14-2/h4-6H,3H2,1-2H3/q+1/p+1. The fourth-order valence-corrected chi connectivity index (χ4v) is 1.15. The maximum atomic E-state index is 11.1. The lowest BCUT2D eigenvalue weighted by Gasteiger charge is -1.93. The molecule has 1 aromatic rings. The van der Waals surface area contributed by atoms with Crippen LogP contribution in [0.4, 0.5) is 11.4 Å². The predicted octanol–water partition coefficient (Wildman–Crippen LogP) is 0.699. The van der Waals surface area contributed by atoms with Crippen LogP contribution in [0, 0.1) is 9.81 Å². The van der Waals surface area contributed by atoms with E-state index in [1.807, 2.05) is 6.92 Å². The van der Waals surface area contributed by atoms with Crippen molar-refractivity contribution in [3.63, 3.8) is 0 Å². The summed E-state index contributed by atoms with van der Waals surface area (Å²) in [5.74, 6) is 0. The molecule has 0 spiro atoms. The molecule has 74 valence electrons. The summed E-state index contributed by atoms with van der Waals surface area (Å²) in [5.41, 5.74) is 1.57. The van der Waals surface area contributed by atoms with Crippen molar-refractivity contribution in [2.75, 3.05) is 7.11 Å². The molecule has 1 N–H and O–H groups in total. The van der Waals surface area contributed by atoms with Crippen LogP contribution in [0.25, 0.3) is 0 Å². The third-order valence-corrected chi connectivity index (χ3v) is 1.88. The van der Waals surface area contributed by atoms with Gasteiger partial charge in [-0.05, 0) is 12.0 Å². The van der Waals surface area contributed by atoms with Gasteiger partial charge in [0.2, 0.25) is 0 Å². The molecule has 0 radical (unpaired) electrons. The summed E-state index contributed by atoms with van der Waals surface area (Å²) in [5, 5.41) is 1.75. The zero-order chi connectivity index (χ0) is 10.6. The predicted molar refractivity (Wildman–Crippen MR) is 50.1 cm³/mol. The van der Waals surface area contributed by atoms with Gasteiger partial charge in [0.05, 0.1) is 11.0 Å². The second-order valence-corrected chi connectivity index (χ2v) is 2.78. The minimum Gasteiger partial charge on any atom is -0.230 e. The zero-order valence-corrected chi connectivity index (χ0v) is 8.11. The third kappa shape index (κ3) is 2.12. The smallest absolute Gasteiger partial charge is 0.230 e. The molecule has 0 aromatic heterocycles. The van der Waals surface area contributed by atoms with Crippen molar-refractivity contribution in [2.45, 2.75) is 13.3 Å². The molecular weight excluding hydrogens is 184 g/mol. The second-order valence-electron chi connectivity index (χ2n) is 2.78. The normalized spacial score (nSPS) is 9.57. The lowest BCUT2D eigenvalue weighted by atomic mass is 10.1. The highest BCUT2D eigenvalue weighted by Crippen LogP contribution is 2.18. The highest BCUT2D eigenvalue weighted by atomic mass is 16.8. The van der Waals surface area contributed by atoms with Gasteiger partial charge in [-0.25, -0.2) is 4.84 Å². The van der Waals surface area contributed by atoms with Crippen molar-refractivity contribution in [3.8, 4) is 0 Å². The SMILES string of the molecule is CCc1cc([NH+]=O)cc([N+](=O)OC)c1. The Hall–Kier alpha value is -1.78. The second kappa shape index (κ2) is 4.45. The molecule has 0 atom stereocenters. The molecule has 14 heavy (non-hydrogen) atoms. The zero-order valence-electron chi connectivity index (χ0n) is 8.11. The van der Waals surface area contributed by atoms with Crippen molar-refractivity contribution in [1.82, 2.24) is 0 Å². The Labute approximate surface area is 81.2 Å². The van der Waals surface area contributed by atoms with E-state index in [-0.39, 0.29) is 0 Å².